The van der Waals surface area contributed by atoms with Gasteiger partial charge in [0.25, 0.3) is 0 Å². The molecule has 22 heavy (non-hydrogen) atoms. The summed E-state index contributed by atoms with van der Waals surface area (Å²) in [5.74, 6) is -0.789. The van der Waals surface area contributed by atoms with Crippen molar-refractivity contribution in [2.75, 3.05) is 13.6 Å². The van der Waals surface area contributed by atoms with Gasteiger partial charge in [0.15, 0.2) is 0 Å². The van der Waals surface area contributed by atoms with Crippen molar-refractivity contribution in [3.8, 4) is 0 Å². The van der Waals surface area contributed by atoms with Gasteiger partial charge in [-0.2, -0.15) is 0 Å². The highest BCUT2D eigenvalue weighted by Crippen LogP contribution is 2.23. The molecule has 0 radical (unpaired) electrons. The molecule has 0 unspecified atom stereocenters. The molecule has 0 saturated carbocycles. The Hall–Kier alpha value is -2.41. The van der Waals surface area contributed by atoms with E-state index in [2.05, 4.69) is 10.6 Å². The van der Waals surface area contributed by atoms with Crippen molar-refractivity contribution in [1.82, 2.24) is 15.5 Å². The normalized spacial score (nSPS) is 17.4. The molecule has 0 aliphatic carbocycles. The molecule has 0 aromatic heterocycles. The lowest BCUT2D eigenvalue weighted by atomic mass is 9.93. The summed E-state index contributed by atoms with van der Waals surface area (Å²) < 4.78 is 0. The quantitative estimate of drug-likeness (QED) is 0.713. The van der Waals surface area contributed by atoms with Gasteiger partial charge in [-0.3, -0.25) is 19.8 Å². The maximum absolute atomic E-state index is 11.7. The van der Waals surface area contributed by atoms with Crippen LogP contribution in [-0.4, -0.2) is 42.4 Å². The second-order valence-corrected chi connectivity index (χ2v) is 5.24. The number of carbonyl (C=O) groups excluding carboxylic acids is 3. The minimum atomic E-state index is -0.541. The maximum atomic E-state index is 11.7. The molecule has 4 amide bonds. The van der Waals surface area contributed by atoms with Gasteiger partial charge in [0.05, 0.1) is 6.04 Å². The van der Waals surface area contributed by atoms with E-state index < -0.39 is 18.0 Å². The third-order valence-corrected chi connectivity index (χ3v) is 3.78. The number of amides is 4. The lowest BCUT2D eigenvalue weighted by molar-refractivity contribution is -0.125. The van der Waals surface area contributed by atoms with Gasteiger partial charge in [-0.1, -0.05) is 24.3 Å². The summed E-state index contributed by atoms with van der Waals surface area (Å²) in [6.45, 7) is 0.932. The van der Waals surface area contributed by atoms with Crippen LogP contribution in [0.15, 0.2) is 24.3 Å². The first-order valence-corrected chi connectivity index (χ1v) is 7.13. The number of carbonyl (C=O) groups is 3. The van der Waals surface area contributed by atoms with Crippen LogP contribution in [0.1, 0.15) is 17.5 Å². The summed E-state index contributed by atoms with van der Waals surface area (Å²) in [7, 11) is 1.44. The maximum Gasteiger partial charge on any atom is 0.321 e. The number of benzene rings is 1. The number of urea groups is 1. The molecule has 1 atom stereocenters. The standard InChI is InChI=1S/C15H20N4O3/c1-17-15(22)18-13(20)6-7-19-9-11-5-3-2-4-10(11)8-12(19)14(16)21/h2-5,12H,6-9H2,1H3,(H2,16,21)(H2,17,18,20,22)/t12-/m0/s1. The van der Waals surface area contributed by atoms with Crippen molar-refractivity contribution in [2.24, 2.45) is 5.73 Å². The third kappa shape index (κ3) is 3.82. The summed E-state index contributed by atoms with van der Waals surface area (Å²) >= 11 is 0. The number of hydrogen-bond donors (Lipinski definition) is 3. The summed E-state index contributed by atoms with van der Waals surface area (Å²) in [6, 6.07) is 6.90. The highest BCUT2D eigenvalue weighted by atomic mass is 16.2. The number of imide groups is 1. The number of nitrogens with one attached hydrogen (secondary N) is 2. The average molecular weight is 304 g/mol. The Morgan fingerprint density at radius 2 is 1.95 bits per heavy atom. The summed E-state index contributed by atoms with van der Waals surface area (Å²) in [5, 5.41) is 4.52. The van der Waals surface area contributed by atoms with E-state index in [1.807, 2.05) is 29.2 Å². The van der Waals surface area contributed by atoms with Crippen LogP contribution in [0.5, 0.6) is 0 Å². The van der Waals surface area contributed by atoms with E-state index in [4.69, 9.17) is 5.73 Å². The molecule has 0 bridgehead atoms. The molecule has 0 saturated heterocycles. The fraction of sp³-hybridized carbons (Fsp3) is 0.400. The van der Waals surface area contributed by atoms with Crippen molar-refractivity contribution in [3.63, 3.8) is 0 Å². The fourth-order valence-electron chi connectivity index (χ4n) is 2.59. The first-order chi connectivity index (χ1) is 10.5. The van der Waals surface area contributed by atoms with Gasteiger partial charge in [0, 0.05) is 26.6 Å². The van der Waals surface area contributed by atoms with Gasteiger partial charge in [0.2, 0.25) is 11.8 Å². The first-order valence-electron chi connectivity index (χ1n) is 7.13. The third-order valence-electron chi connectivity index (χ3n) is 3.78. The topological polar surface area (TPSA) is 105 Å². The van der Waals surface area contributed by atoms with Crippen molar-refractivity contribution >= 4 is 17.8 Å². The molecule has 1 aliphatic heterocycles. The number of nitrogens with zero attached hydrogens (tertiary/aromatic N) is 1. The number of hydrogen-bond acceptors (Lipinski definition) is 4. The van der Waals surface area contributed by atoms with E-state index in [0.29, 0.717) is 19.5 Å². The number of primary amides is 1. The molecule has 0 fully saturated rings. The molecule has 7 heteroatoms. The van der Waals surface area contributed by atoms with E-state index in [1.54, 1.807) is 0 Å². The largest absolute Gasteiger partial charge is 0.368 e. The van der Waals surface area contributed by atoms with Crippen molar-refractivity contribution in [3.05, 3.63) is 35.4 Å². The Kier molecular flexibility index (Phi) is 5.11. The van der Waals surface area contributed by atoms with Crippen LogP contribution in [0.4, 0.5) is 4.79 Å². The molecular formula is C15H20N4O3. The molecule has 118 valence electrons. The van der Waals surface area contributed by atoms with Crippen LogP contribution in [-0.2, 0) is 22.6 Å². The molecule has 1 aliphatic rings. The molecule has 1 heterocycles. The van der Waals surface area contributed by atoms with E-state index in [-0.39, 0.29) is 12.3 Å². The van der Waals surface area contributed by atoms with Crippen molar-refractivity contribution in [2.45, 2.75) is 25.4 Å². The van der Waals surface area contributed by atoms with E-state index in [9.17, 15) is 14.4 Å². The predicted molar refractivity (Wildman–Crippen MR) is 80.8 cm³/mol. The minimum Gasteiger partial charge on any atom is -0.368 e. The Balaban J connectivity index is 2.01. The van der Waals surface area contributed by atoms with Gasteiger partial charge in [-0.05, 0) is 17.5 Å². The second-order valence-electron chi connectivity index (χ2n) is 5.24. The van der Waals surface area contributed by atoms with Gasteiger partial charge in [-0.15, -0.1) is 0 Å². The van der Waals surface area contributed by atoms with Crippen molar-refractivity contribution < 1.29 is 14.4 Å². The van der Waals surface area contributed by atoms with E-state index in [0.717, 1.165) is 11.1 Å². The Bertz CT molecular complexity index is 588. The van der Waals surface area contributed by atoms with Gasteiger partial charge in [-0.25, -0.2) is 4.79 Å². The zero-order valence-corrected chi connectivity index (χ0v) is 12.5. The lowest BCUT2D eigenvalue weighted by Crippen LogP contribution is -2.49. The zero-order chi connectivity index (χ0) is 16.1. The predicted octanol–water partition coefficient (Wildman–Crippen LogP) is -0.256. The van der Waals surface area contributed by atoms with Gasteiger partial charge >= 0.3 is 6.03 Å². The lowest BCUT2D eigenvalue weighted by Gasteiger charge is -2.34. The number of rotatable bonds is 4. The molecule has 2 rings (SSSR count). The van der Waals surface area contributed by atoms with Crippen LogP contribution in [0.3, 0.4) is 0 Å². The minimum absolute atomic E-state index is 0.124. The molecule has 4 N–H and O–H groups in total. The van der Waals surface area contributed by atoms with E-state index >= 15 is 0 Å². The van der Waals surface area contributed by atoms with Crippen LogP contribution in [0.2, 0.25) is 0 Å². The number of nitrogens with two attached hydrogens (primary N) is 1. The summed E-state index contributed by atoms with van der Waals surface area (Å²) in [6.07, 6.45) is 0.669. The fourth-order valence-corrected chi connectivity index (χ4v) is 2.59. The number of fused-ring (bicyclic) bond motifs is 1. The van der Waals surface area contributed by atoms with Crippen molar-refractivity contribution in [1.29, 1.82) is 0 Å². The zero-order valence-electron chi connectivity index (χ0n) is 12.5. The van der Waals surface area contributed by atoms with Crippen LogP contribution >= 0.6 is 0 Å². The van der Waals surface area contributed by atoms with Crippen LogP contribution in [0, 0.1) is 0 Å². The van der Waals surface area contributed by atoms with E-state index in [1.165, 1.54) is 7.05 Å². The smallest absolute Gasteiger partial charge is 0.321 e. The molecule has 1 aromatic rings. The summed E-state index contributed by atoms with van der Waals surface area (Å²) in [4.78, 5) is 36.3. The monoisotopic (exact) mass is 304 g/mol. The Labute approximate surface area is 128 Å². The summed E-state index contributed by atoms with van der Waals surface area (Å²) in [5.41, 5.74) is 7.72. The second kappa shape index (κ2) is 7.04. The molecular weight excluding hydrogens is 284 g/mol. The Morgan fingerprint density at radius 3 is 2.59 bits per heavy atom. The Morgan fingerprint density at radius 1 is 1.27 bits per heavy atom. The van der Waals surface area contributed by atoms with Gasteiger partial charge in [0.1, 0.15) is 0 Å². The van der Waals surface area contributed by atoms with Crippen LogP contribution < -0.4 is 16.4 Å². The molecule has 0 spiro atoms. The van der Waals surface area contributed by atoms with Gasteiger partial charge < -0.3 is 11.1 Å². The van der Waals surface area contributed by atoms with Crippen LogP contribution in [0.25, 0.3) is 0 Å². The SMILES string of the molecule is CNC(=O)NC(=O)CCN1Cc2ccccc2C[C@H]1C(N)=O. The molecule has 7 nitrogen and oxygen atoms in total. The molecule has 1 aromatic carbocycles. The highest BCUT2D eigenvalue weighted by molar-refractivity contribution is 5.94. The first kappa shape index (κ1) is 16.0. The highest BCUT2D eigenvalue weighted by Gasteiger charge is 2.29. The average Bonchev–Trinajstić information content (AvgIpc) is 2.51.